The van der Waals surface area contributed by atoms with E-state index in [0.29, 0.717) is 11.4 Å². The van der Waals surface area contributed by atoms with Gasteiger partial charge in [0, 0.05) is 17.4 Å². The highest BCUT2D eigenvalue weighted by molar-refractivity contribution is 7.92. The van der Waals surface area contributed by atoms with Gasteiger partial charge in [0.15, 0.2) is 10.7 Å². The molecule has 0 amide bonds. The lowest BCUT2D eigenvalue weighted by molar-refractivity contribution is 0.390. The Kier molecular flexibility index (Phi) is 3.45. The minimum atomic E-state index is -3.75. The summed E-state index contributed by atoms with van der Waals surface area (Å²) >= 11 is 0. The van der Waals surface area contributed by atoms with Crippen LogP contribution >= 0.6 is 0 Å². The van der Waals surface area contributed by atoms with Crippen LogP contribution in [0.2, 0.25) is 0 Å². The molecule has 2 heterocycles. The van der Waals surface area contributed by atoms with E-state index in [1.165, 1.54) is 0 Å². The molecular weight excluding hydrogens is 304 g/mol. The molecule has 0 saturated carbocycles. The summed E-state index contributed by atoms with van der Waals surface area (Å²) in [4.78, 5) is 0.0689. The first-order chi connectivity index (χ1) is 10.5. The van der Waals surface area contributed by atoms with Crippen LogP contribution in [0.15, 0.2) is 45.9 Å². The highest BCUT2D eigenvalue weighted by atomic mass is 32.2. The van der Waals surface area contributed by atoms with Crippen LogP contribution in [-0.4, -0.2) is 23.8 Å². The Morgan fingerprint density at radius 2 is 2.05 bits per heavy atom. The van der Waals surface area contributed by atoms with E-state index in [-0.39, 0.29) is 10.7 Å². The van der Waals surface area contributed by atoms with E-state index in [1.54, 1.807) is 38.2 Å². The van der Waals surface area contributed by atoms with Crippen LogP contribution < -0.4 is 4.72 Å². The number of sulfonamides is 1. The van der Waals surface area contributed by atoms with E-state index < -0.39 is 10.0 Å². The third kappa shape index (κ3) is 2.60. The van der Waals surface area contributed by atoms with E-state index in [9.17, 15) is 8.42 Å². The van der Waals surface area contributed by atoms with Crippen molar-refractivity contribution in [2.45, 2.75) is 18.7 Å². The normalized spacial score (nSPS) is 11.5. The van der Waals surface area contributed by atoms with Gasteiger partial charge in [-0.25, -0.2) is 8.42 Å². The highest BCUT2D eigenvalue weighted by Crippen LogP contribution is 2.25. The number of aromatic nitrogens is 3. The minimum Gasteiger partial charge on any atom is -0.360 e. The Morgan fingerprint density at radius 1 is 1.23 bits per heavy atom. The molecule has 2 N–H and O–H groups in total. The zero-order valence-corrected chi connectivity index (χ0v) is 12.8. The van der Waals surface area contributed by atoms with Crippen molar-refractivity contribution < 1.29 is 12.9 Å². The number of aryl methyl sites for hydroxylation is 2. The fraction of sp³-hybridized carbons (Fsp3) is 0.143. The first-order valence-electron chi connectivity index (χ1n) is 6.53. The van der Waals surface area contributed by atoms with Crippen molar-refractivity contribution in [2.24, 2.45) is 0 Å². The number of nitrogens with zero attached hydrogens (tertiary/aromatic N) is 2. The minimum absolute atomic E-state index is 0.0689. The summed E-state index contributed by atoms with van der Waals surface area (Å²) in [5.41, 5.74) is 2.41. The molecule has 0 atom stereocenters. The largest absolute Gasteiger partial charge is 0.360 e. The Morgan fingerprint density at radius 3 is 2.68 bits per heavy atom. The molecule has 0 aliphatic rings. The molecule has 22 heavy (non-hydrogen) atoms. The smallest absolute Gasteiger partial charge is 0.267 e. The van der Waals surface area contributed by atoms with Gasteiger partial charge in [0.2, 0.25) is 0 Å². The molecule has 0 aliphatic heterocycles. The van der Waals surface area contributed by atoms with Crippen molar-refractivity contribution in [2.75, 3.05) is 4.72 Å². The van der Waals surface area contributed by atoms with Gasteiger partial charge in [0.1, 0.15) is 5.69 Å². The predicted octanol–water partition coefficient (Wildman–Crippen LogP) is 2.48. The predicted molar refractivity (Wildman–Crippen MR) is 80.8 cm³/mol. The lowest BCUT2D eigenvalue weighted by Crippen LogP contribution is -2.14. The fourth-order valence-electron chi connectivity index (χ4n) is 2.23. The number of nitrogens with one attached hydrogen (secondary N) is 2. The second kappa shape index (κ2) is 5.30. The monoisotopic (exact) mass is 318 g/mol. The lowest BCUT2D eigenvalue weighted by atomic mass is 10.1. The Balaban J connectivity index is 1.95. The molecule has 0 fully saturated rings. The molecule has 3 aromatic rings. The first kappa shape index (κ1) is 14.3. The fourth-order valence-corrected chi connectivity index (χ4v) is 3.61. The summed E-state index contributed by atoms with van der Waals surface area (Å²) in [5, 5.41) is 10.4. The first-order valence-corrected chi connectivity index (χ1v) is 8.01. The van der Waals surface area contributed by atoms with Gasteiger partial charge in [-0.15, -0.1) is 0 Å². The van der Waals surface area contributed by atoms with Crippen LogP contribution in [-0.2, 0) is 10.0 Å². The zero-order valence-electron chi connectivity index (χ0n) is 12.0. The molecule has 2 aromatic heterocycles. The van der Waals surface area contributed by atoms with Gasteiger partial charge in [-0.1, -0.05) is 17.3 Å². The molecule has 3 rings (SSSR count). The van der Waals surface area contributed by atoms with E-state index in [0.717, 1.165) is 11.3 Å². The van der Waals surface area contributed by atoms with Crippen molar-refractivity contribution in [1.82, 2.24) is 15.4 Å². The molecule has 7 nitrogen and oxygen atoms in total. The van der Waals surface area contributed by atoms with Gasteiger partial charge in [0.25, 0.3) is 10.0 Å². The standard InChI is InChI=1S/C14H14N4O3S/c1-9-14(10(2)21-17-9)22(19,20)18-12-5-3-4-11(8-12)13-6-7-15-16-13/h3-8,18H,1-2H3,(H,15,16). The molecule has 0 radical (unpaired) electrons. The summed E-state index contributed by atoms with van der Waals surface area (Å²) in [6.45, 7) is 3.15. The van der Waals surface area contributed by atoms with Gasteiger partial charge in [-0.3, -0.25) is 9.82 Å². The maximum Gasteiger partial charge on any atom is 0.267 e. The van der Waals surface area contributed by atoms with Crippen LogP contribution in [0.4, 0.5) is 5.69 Å². The number of aromatic amines is 1. The molecule has 0 saturated heterocycles. The number of hydrogen-bond acceptors (Lipinski definition) is 5. The van der Waals surface area contributed by atoms with Crippen molar-refractivity contribution in [1.29, 1.82) is 0 Å². The third-order valence-electron chi connectivity index (χ3n) is 3.16. The summed E-state index contributed by atoms with van der Waals surface area (Å²) < 4.78 is 32.4. The van der Waals surface area contributed by atoms with E-state index in [4.69, 9.17) is 4.52 Å². The Labute approximate surface area is 127 Å². The van der Waals surface area contributed by atoms with Crippen LogP contribution in [0.1, 0.15) is 11.5 Å². The summed E-state index contributed by atoms with van der Waals surface area (Å²) in [7, 11) is -3.75. The van der Waals surface area contributed by atoms with Crippen molar-refractivity contribution in [3.05, 3.63) is 48.0 Å². The van der Waals surface area contributed by atoms with E-state index >= 15 is 0 Å². The van der Waals surface area contributed by atoms with Crippen molar-refractivity contribution in [3.63, 3.8) is 0 Å². The molecule has 1 aromatic carbocycles. The van der Waals surface area contributed by atoms with E-state index in [2.05, 4.69) is 20.1 Å². The Hall–Kier alpha value is -2.61. The molecular formula is C14H14N4O3S. The van der Waals surface area contributed by atoms with Crippen LogP contribution in [0, 0.1) is 13.8 Å². The number of hydrogen-bond donors (Lipinski definition) is 2. The lowest BCUT2D eigenvalue weighted by Gasteiger charge is -2.08. The van der Waals surface area contributed by atoms with Gasteiger partial charge in [-0.2, -0.15) is 5.10 Å². The average molecular weight is 318 g/mol. The Bertz CT molecular complexity index is 879. The number of rotatable bonds is 4. The van der Waals surface area contributed by atoms with Crippen LogP contribution in [0.3, 0.4) is 0 Å². The van der Waals surface area contributed by atoms with Crippen molar-refractivity contribution in [3.8, 4) is 11.3 Å². The molecule has 114 valence electrons. The molecule has 0 bridgehead atoms. The van der Waals surface area contributed by atoms with Gasteiger partial charge in [-0.05, 0) is 32.0 Å². The second-order valence-electron chi connectivity index (χ2n) is 4.81. The summed E-state index contributed by atoms with van der Waals surface area (Å²) in [6, 6.07) is 8.84. The number of anilines is 1. The maximum atomic E-state index is 12.5. The number of benzene rings is 1. The van der Waals surface area contributed by atoms with Gasteiger partial charge in [0.05, 0.1) is 5.69 Å². The number of H-pyrrole nitrogens is 1. The van der Waals surface area contributed by atoms with Crippen LogP contribution in [0.5, 0.6) is 0 Å². The quantitative estimate of drug-likeness (QED) is 0.769. The topological polar surface area (TPSA) is 101 Å². The van der Waals surface area contributed by atoms with Crippen molar-refractivity contribution >= 4 is 15.7 Å². The maximum absolute atomic E-state index is 12.5. The van der Waals surface area contributed by atoms with Crippen LogP contribution in [0.25, 0.3) is 11.3 Å². The molecule has 0 aliphatic carbocycles. The average Bonchev–Trinajstić information content (AvgIpc) is 3.09. The zero-order chi connectivity index (χ0) is 15.7. The molecule has 8 heteroatoms. The summed E-state index contributed by atoms with van der Waals surface area (Å²) in [5.74, 6) is 0.259. The molecule has 0 unspecified atom stereocenters. The third-order valence-corrected chi connectivity index (χ3v) is 4.79. The second-order valence-corrected chi connectivity index (χ2v) is 6.43. The van der Waals surface area contributed by atoms with Gasteiger partial charge < -0.3 is 4.52 Å². The molecule has 0 spiro atoms. The highest BCUT2D eigenvalue weighted by Gasteiger charge is 2.24. The summed E-state index contributed by atoms with van der Waals surface area (Å²) in [6.07, 6.45) is 1.63. The van der Waals surface area contributed by atoms with E-state index in [1.807, 2.05) is 12.1 Å². The van der Waals surface area contributed by atoms with Gasteiger partial charge >= 0.3 is 0 Å². The SMILES string of the molecule is Cc1noc(C)c1S(=O)(=O)Nc1cccc(-c2ccn[nH]2)c1.